The van der Waals surface area contributed by atoms with E-state index < -0.39 is 0 Å². The Morgan fingerprint density at radius 1 is 1.27 bits per heavy atom. The highest BCUT2D eigenvalue weighted by Gasteiger charge is 2.13. The first-order valence-corrected chi connectivity index (χ1v) is 7.25. The highest BCUT2D eigenvalue weighted by atomic mass is 32.1. The monoisotopic (exact) mass is 313 g/mol. The molecule has 0 radical (unpaired) electrons. The van der Waals surface area contributed by atoms with Crippen molar-refractivity contribution in [3.8, 4) is 0 Å². The number of hydrogen-bond donors (Lipinski definition) is 2. The molecular formula is C14H8FN5OS. The molecule has 8 heteroatoms. The summed E-state index contributed by atoms with van der Waals surface area (Å²) < 4.78 is 13.3. The van der Waals surface area contributed by atoms with Crippen LogP contribution in [-0.2, 0) is 0 Å². The van der Waals surface area contributed by atoms with Gasteiger partial charge in [-0.3, -0.25) is 10.1 Å². The summed E-state index contributed by atoms with van der Waals surface area (Å²) >= 11 is 1.32. The van der Waals surface area contributed by atoms with Crippen LogP contribution in [0.15, 0.2) is 35.7 Å². The molecule has 2 N–H and O–H groups in total. The normalized spacial score (nSPS) is 11.1. The molecule has 0 fully saturated rings. The van der Waals surface area contributed by atoms with Gasteiger partial charge in [-0.05, 0) is 29.6 Å². The lowest BCUT2D eigenvalue weighted by Gasteiger charge is -2.00. The van der Waals surface area contributed by atoms with Crippen LogP contribution in [0.4, 0.5) is 10.3 Å². The first kappa shape index (κ1) is 12.8. The van der Waals surface area contributed by atoms with Gasteiger partial charge in [-0.25, -0.2) is 4.39 Å². The molecule has 3 heterocycles. The SMILES string of the molecule is O=C(Nc1nnc2c(n1)[nH]c1ccc(F)cc12)c1cccs1. The summed E-state index contributed by atoms with van der Waals surface area (Å²) in [6, 6.07) is 7.82. The Bertz CT molecular complexity index is 995. The van der Waals surface area contributed by atoms with E-state index in [4.69, 9.17) is 0 Å². The average Bonchev–Trinajstić information content (AvgIpc) is 3.14. The molecule has 4 aromatic rings. The summed E-state index contributed by atoms with van der Waals surface area (Å²) in [6.07, 6.45) is 0. The molecule has 0 spiro atoms. The van der Waals surface area contributed by atoms with Crippen LogP contribution in [0.25, 0.3) is 22.1 Å². The van der Waals surface area contributed by atoms with E-state index in [1.165, 1.54) is 23.5 Å². The van der Waals surface area contributed by atoms with Crippen molar-refractivity contribution in [1.29, 1.82) is 0 Å². The number of benzene rings is 1. The fourth-order valence-electron chi connectivity index (χ4n) is 2.17. The zero-order chi connectivity index (χ0) is 15.1. The second-order valence-electron chi connectivity index (χ2n) is 4.58. The van der Waals surface area contributed by atoms with Gasteiger partial charge in [0.2, 0.25) is 0 Å². The summed E-state index contributed by atoms with van der Waals surface area (Å²) in [5.41, 5.74) is 1.61. The standard InChI is InChI=1S/C14H8FN5OS/c15-7-3-4-9-8(6-7)11-12(16-9)17-14(20-19-11)18-13(21)10-2-1-5-22-10/h1-6H,(H2,16,17,18,20,21). The molecule has 0 aliphatic heterocycles. The number of anilines is 1. The van der Waals surface area contributed by atoms with Crippen molar-refractivity contribution in [2.24, 2.45) is 0 Å². The second-order valence-corrected chi connectivity index (χ2v) is 5.53. The van der Waals surface area contributed by atoms with E-state index >= 15 is 0 Å². The largest absolute Gasteiger partial charge is 0.338 e. The van der Waals surface area contributed by atoms with Crippen molar-refractivity contribution in [1.82, 2.24) is 20.2 Å². The topological polar surface area (TPSA) is 83.6 Å². The number of aromatic amines is 1. The molecule has 0 aliphatic rings. The Kier molecular flexibility index (Phi) is 2.83. The fourth-order valence-corrected chi connectivity index (χ4v) is 2.79. The number of aromatic nitrogens is 4. The molecule has 1 amide bonds. The van der Waals surface area contributed by atoms with Crippen molar-refractivity contribution in [2.45, 2.75) is 0 Å². The smallest absolute Gasteiger partial charge is 0.268 e. The van der Waals surface area contributed by atoms with Gasteiger partial charge in [0.25, 0.3) is 11.9 Å². The third-order valence-electron chi connectivity index (χ3n) is 3.15. The summed E-state index contributed by atoms with van der Waals surface area (Å²) in [5, 5.41) is 12.9. The first-order valence-electron chi connectivity index (χ1n) is 6.37. The Morgan fingerprint density at radius 2 is 2.18 bits per heavy atom. The third kappa shape index (κ3) is 2.09. The van der Waals surface area contributed by atoms with E-state index in [1.54, 1.807) is 18.2 Å². The lowest BCUT2D eigenvalue weighted by molar-refractivity contribution is 0.102. The van der Waals surface area contributed by atoms with Crippen molar-refractivity contribution < 1.29 is 9.18 Å². The van der Waals surface area contributed by atoms with Gasteiger partial charge in [0.05, 0.1) is 4.88 Å². The van der Waals surface area contributed by atoms with Crippen LogP contribution in [0.5, 0.6) is 0 Å². The lowest BCUT2D eigenvalue weighted by atomic mass is 10.2. The highest BCUT2D eigenvalue weighted by Crippen LogP contribution is 2.23. The molecular weight excluding hydrogens is 305 g/mol. The van der Waals surface area contributed by atoms with E-state index in [-0.39, 0.29) is 17.7 Å². The van der Waals surface area contributed by atoms with Crippen LogP contribution in [-0.4, -0.2) is 26.1 Å². The predicted molar refractivity (Wildman–Crippen MR) is 81.4 cm³/mol. The van der Waals surface area contributed by atoms with Gasteiger partial charge in [0, 0.05) is 10.9 Å². The van der Waals surface area contributed by atoms with Crippen LogP contribution in [0.3, 0.4) is 0 Å². The number of fused-ring (bicyclic) bond motifs is 3. The molecule has 0 saturated heterocycles. The Hall–Kier alpha value is -2.87. The maximum Gasteiger partial charge on any atom is 0.268 e. The number of thiophene rings is 1. The van der Waals surface area contributed by atoms with E-state index in [9.17, 15) is 9.18 Å². The van der Waals surface area contributed by atoms with Crippen molar-refractivity contribution in [3.63, 3.8) is 0 Å². The molecule has 0 bridgehead atoms. The molecule has 22 heavy (non-hydrogen) atoms. The molecule has 0 saturated carbocycles. The highest BCUT2D eigenvalue weighted by molar-refractivity contribution is 7.12. The van der Waals surface area contributed by atoms with Crippen LogP contribution in [0.2, 0.25) is 0 Å². The number of amides is 1. The zero-order valence-corrected chi connectivity index (χ0v) is 11.8. The Morgan fingerprint density at radius 3 is 3.00 bits per heavy atom. The lowest BCUT2D eigenvalue weighted by Crippen LogP contribution is -2.13. The number of halogens is 1. The number of nitrogens with zero attached hydrogens (tertiary/aromatic N) is 3. The summed E-state index contributed by atoms with van der Waals surface area (Å²) in [6.45, 7) is 0. The Labute approximate surface area is 127 Å². The molecule has 4 rings (SSSR count). The van der Waals surface area contributed by atoms with Gasteiger partial charge in [-0.15, -0.1) is 21.5 Å². The van der Waals surface area contributed by atoms with Crippen molar-refractivity contribution in [2.75, 3.05) is 5.32 Å². The first-order chi connectivity index (χ1) is 10.7. The van der Waals surface area contributed by atoms with Gasteiger partial charge >= 0.3 is 0 Å². The third-order valence-corrected chi connectivity index (χ3v) is 4.02. The molecule has 0 aliphatic carbocycles. The van der Waals surface area contributed by atoms with Gasteiger partial charge in [0.1, 0.15) is 11.3 Å². The number of H-pyrrole nitrogens is 1. The predicted octanol–water partition coefficient (Wildman–Crippen LogP) is 2.96. The number of carbonyl (C=O) groups excluding carboxylic acids is 1. The molecule has 0 unspecified atom stereocenters. The number of carbonyl (C=O) groups is 1. The van der Waals surface area contributed by atoms with Gasteiger partial charge in [-0.1, -0.05) is 6.07 Å². The molecule has 3 aromatic heterocycles. The second kappa shape index (κ2) is 4.85. The van der Waals surface area contributed by atoms with E-state index in [0.29, 0.717) is 26.9 Å². The summed E-state index contributed by atoms with van der Waals surface area (Å²) in [4.78, 5) is 19.8. The minimum atomic E-state index is -0.356. The van der Waals surface area contributed by atoms with E-state index in [0.717, 1.165) is 0 Å². The number of nitrogens with one attached hydrogen (secondary N) is 2. The van der Waals surface area contributed by atoms with Crippen LogP contribution < -0.4 is 5.32 Å². The molecule has 6 nitrogen and oxygen atoms in total. The fraction of sp³-hybridized carbons (Fsp3) is 0. The average molecular weight is 313 g/mol. The van der Waals surface area contributed by atoms with E-state index in [2.05, 4.69) is 25.5 Å². The van der Waals surface area contributed by atoms with Gasteiger partial charge < -0.3 is 4.98 Å². The summed E-state index contributed by atoms with van der Waals surface area (Å²) in [5.74, 6) is -0.554. The van der Waals surface area contributed by atoms with Crippen LogP contribution in [0, 0.1) is 5.82 Å². The maximum absolute atomic E-state index is 13.3. The van der Waals surface area contributed by atoms with Crippen molar-refractivity contribution >= 4 is 45.3 Å². The quantitative estimate of drug-likeness (QED) is 0.596. The van der Waals surface area contributed by atoms with Gasteiger partial charge in [0.15, 0.2) is 5.65 Å². The van der Waals surface area contributed by atoms with Gasteiger partial charge in [-0.2, -0.15) is 4.98 Å². The van der Waals surface area contributed by atoms with Crippen LogP contribution >= 0.6 is 11.3 Å². The Balaban J connectivity index is 1.74. The maximum atomic E-state index is 13.3. The summed E-state index contributed by atoms with van der Waals surface area (Å²) in [7, 11) is 0. The number of rotatable bonds is 2. The zero-order valence-electron chi connectivity index (χ0n) is 11.0. The minimum Gasteiger partial charge on any atom is -0.338 e. The van der Waals surface area contributed by atoms with Crippen molar-refractivity contribution in [3.05, 3.63) is 46.4 Å². The van der Waals surface area contributed by atoms with E-state index in [1.807, 2.05) is 5.38 Å². The number of hydrogen-bond acceptors (Lipinski definition) is 5. The minimum absolute atomic E-state index is 0.0953. The molecule has 1 aromatic carbocycles. The van der Waals surface area contributed by atoms with Crippen LogP contribution in [0.1, 0.15) is 9.67 Å². The molecule has 108 valence electrons. The molecule has 0 atom stereocenters.